The number of aromatic nitrogens is 1. The van der Waals surface area contributed by atoms with Gasteiger partial charge in [-0.05, 0) is 46.5 Å². The van der Waals surface area contributed by atoms with E-state index in [1.54, 1.807) is 12.1 Å². The molecule has 0 aliphatic carbocycles. The second kappa shape index (κ2) is 7.37. The second-order valence-electron chi connectivity index (χ2n) is 6.50. The zero-order chi connectivity index (χ0) is 18.8. The summed E-state index contributed by atoms with van der Waals surface area (Å²) in [7, 11) is 0. The molecule has 27 heavy (non-hydrogen) atoms. The molecule has 0 amide bonds. The van der Waals surface area contributed by atoms with Crippen LogP contribution in [0.2, 0.25) is 5.02 Å². The third-order valence-corrected chi connectivity index (χ3v) is 5.01. The average Bonchev–Trinajstić information content (AvgIpc) is 3.02. The lowest BCUT2D eigenvalue weighted by Gasteiger charge is -2.07. The molecule has 0 radical (unpaired) electrons. The maximum absolute atomic E-state index is 13.5. The lowest BCUT2D eigenvalue weighted by Crippen LogP contribution is -1.97. The summed E-state index contributed by atoms with van der Waals surface area (Å²) in [6.45, 7) is 0.734. The average molecular weight is 378 g/mol. The van der Waals surface area contributed by atoms with E-state index in [2.05, 4.69) is 16.7 Å². The molecule has 0 aliphatic rings. The van der Waals surface area contributed by atoms with Gasteiger partial charge in [0, 0.05) is 30.1 Å². The van der Waals surface area contributed by atoms with Gasteiger partial charge >= 0.3 is 0 Å². The summed E-state index contributed by atoms with van der Waals surface area (Å²) >= 11 is 5.93. The zero-order valence-corrected chi connectivity index (χ0v) is 15.3. The molecule has 4 rings (SSSR count). The number of benzene rings is 3. The SMILES string of the molecule is O=CCc1cn(Cc2ccccc2)c2ccc(-c3ccc(F)c(Cl)c3)cc12. The quantitative estimate of drug-likeness (QED) is 0.397. The Morgan fingerprint density at radius 2 is 1.70 bits per heavy atom. The van der Waals surface area contributed by atoms with E-state index in [1.807, 2.05) is 42.6 Å². The molecule has 0 N–H and O–H groups in total. The van der Waals surface area contributed by atoms with Crippen molar-refractivity contribution in [1.82, 2.24) is 4.57 Å². The Morgan fingerprint density at radius 1 is 0.963 bits per heavy atom. The molecule has 2 nitrogen and oxygen atoms in total. The van der Waals surface area contributed by atoms with E-state index >= 15 is 0 Å². The summed E-state index contributed by atoms with van der Waals surface area (Å²) in [6, 6.07) is 21.0. The molecule has 4 aromatic rings. The predicted molar refractivity (Wildman–Crippen MR) is 108 cm³/mol. The van der Waals surface area contributed by atoms with Crippen LogP contribution in [0.4, 0.5) is 4.39 Å². The van der Waals surface area contributed by atoms with E-state index < -0.39 is 5.82 Å². The maximum Gasteiger partial charge on any atom is 0.141 e. The van der Waals surface area contributed by atoms with Gasteiger partial charge in [-0.25, -0.2) is 4.39 Å². The fraction of sp³-hybridized carbons (Fsp3) is 0.0870. The van der Waals surface area contributed by atoms with Crippen LogP contribution >= 0.6 is 11.6 Å². The first-order chi connectivity index (χ1) is 13.2. The monoisotopic (exact) mass is 377 g/mol. The number of halogens is 2. The van der Waals surface area contributed by atoms with Crippen molar-refractivity contribution in [2.24, 2.45) is 0 Å². The molecule has 0 fully saturated rings. The molecule has 0 unspecified atom stereocenters. The number of carbonyl (C=O) groups excluding carboxylic acids is 1. The van der Waals surface area contributed by atoms with E-state index in [1.165, 1.54) is 11.6 Å². The molecule has 1 aromatic heterocycles. The van der Waals surface area contributed by atoms with Crippen LogP contribution in [-0.2, 0) is 17.8 Å². The smallest absolute Gasteiger partial charge is 0.141 e. The van der Waals surface area contributed by atoms with Crippen LogP contribution in [0.25, 0.3) is 22.0 Å². The summed E-state index contributed by atoms with van der Waals surface area (Å²) in [5.74, 6) is -0.433. The van der Waals surface area contributed by atoms with Crippen molar-refractivity contribution in [3.63, 3.8) is 0 Å². The Labute approximate surface area is 161 Å². The standard InChI is InChI=1S/C23H17ClFNO/c24-21-13-18(6-8-22(21)25)17-7-9-23-20(12-17)19(10-11-27)15-26(23)14-16-4-2-1-3-5-16/h1-9,11-13,15H,10,14H2. The Hall–Kier alpha value is -2.91. The molecule has 1 heterocycles. The first-order valence-electron chi connectivity index (χ1n) is 8.70. The summed E-state index contributed by atoms with van der Waals surface area (Å²) in [4.78, 5) is 11.2. The maximum atomic E-state index is 13.5. The number of fused-ring (bicyclic) bond motifs is 1. The van der Waals surface area contributed by atoms with Crippen molar-refractivity contribution in [3.8, 4) is 11.1 Å². The molecule has 0 bridgehead atoms. The van der Waals surface area contributed by atoms with Gasteiger partial charge in [0.1, 0.15) is 12.1 Å². The molecular formula is C23H17ClFNO. The van der Waals surface area contributed by atoms with Gasteiger partial charge in [0.05, 0.1) is 5.02 Å². The van der Waals surface area contributed by atoms with Gasteiger partial charge in [-0.15, -0.1) is 0 Å². The first-order valence-corrected chi connectivity index (χ1v) is 9.08. The molecule has 134 valence electrons. The van der Waals surface area contributed by atoms with Gasteiger partial charge in [0.15, 0.2) is 0 Å². The molecule has 0 aliphatic heterocycles. The van der Waals surface area contributed by atoms with E-state index in [4.69, 9.17) is 11.6 Å². The zero-order valence-electron chi connectivity index (χ0n) is 14.5. The first kappa shape index (κ1) is 17.5. The lowest BCUT2D eigenvalue weighted by atomic mass is 10.0. The third-order valence-electron chi connectivity index (χ3n) is 4.72. The minimum atomic E-state index is -0.433. The Kier molecular flexibility index (Phi) is 4.78. The highest BCUT2D eigenvalue weighted by atomic mass is 35.5. The predicted octanol–water partition coefficient (Wildman–Crippen LogP) is 5.89. The highest BCUT2D eigenvalue weighted by Crippen LogP contribution is 2.30. The molecule has 0 saturated heterocycles. The Morgan fingerprint density at radius 3 is 2.44 bits per heavy atom. The number of aldehydes is 1. The summed E-state index contributed by atoms with van der Waals surface area (Å²) in [5, 5.41) is 1.12. The van der Waals surface area contributed by atoms with Gasteiger partial charge in [-0.1, -0.05) is 54.1 Å². The van der Waals surface area contributed by atoms with Gasteiger partial charge in [0.25, 0.3) is 0 Å². The largest absolute Gasteiger partial charge is 0.343 e. The van der Waals surface area contributed by atoms with E-state index in [-0.39, 0.29) is 5.02 Å². The number of carbonyl (C=O) groups is 1. The van der Waals surface area contributed by atoms with E-state index in [9.17, 15) is 9.18 Å². The number of hydrogen-bond donors (Lipinski definition) is 0. The van der Waals surface area contributed by atoms with Crippen LogP contribution in [0.3, 0.4) is 0 Å². The fourth-order valence-electron chi connectivity index (χ4n) is 3.39. The van der Waals surface area contributed by atoms with Gasteiger partial charge in [-0.3, -0.25) is 0 Å². The normalized spacial score (nSPS) is 11.0. The number of rotatable bonds is 5. The van der Waals surface area contributed by atoms with Crippen LogP contribution in [0.1, 0.15) is 11.1 Å². The minimum Gasteiger partial charge on any atom is -0.343 e. The van der Waals surface area contributed by atoms with Crippen LogP contribution in [0.15, 0.2) is 72.9 Å². The summed E-state index contributed by atoms with van der Waals surface area (Å²) in [5.41, 5.74) is 5.02. The van der Waals surface area contributed by atoms with Crippen molar-refractivity contribution in [3.05, 3.63) is 94.9 Å². The van der Waals surface area contributed by atoms with Gasteiger partial charge < -0.3 is 9.36 Å². The highest BCUT2D eigenvalue weighted by Gasteiger charge is 2.11. The minimum absolute atomic E-state index is 0.0994. The topological polar surface area (TPSA) is 22.0 Å². The summed E-state index contributed by atoms with van der Waals surface area (Å²) < 4.78 is 15.6. The van der Waals surface area contributed by atoms with Crippen LogP contribution in [0.5, 0.6) is 0 Å². The second-order valence-corrected chi connectivity index (χ2v) is 6.91. The molecule has 0 spiro atoms. The fourth-order valence-corrected chi connectivity index (χ4v) is 3.57. The molecule has 0 atom stereocenters. The van der Waals surface area contributed by atoms with Crippen molar-refractivity contribution < 1.29 is 9.18 Å². The van der Waals surface area contributed by atoms with Gasteiger partial charge in [-0.2, -0.15) is 0 Å². The third kappa shape index (κ3) is 3.51. The van der Waals surface area contributed by atoms with Crippen LogP contribution < -0.4 is 0 Å². The molecular weight excluding hydrogens is 361 g/mol. The van der Waals surface area contributed by atoms with Crippen LogP contribution in [0, 0.1) is 5.82 Å². The van der Waals surface area contributed by atoms with E-state index in [0.29, 0.717) is 6.42 Å². The van der Waals surface area contributed by atoms with Crippen molar-refractivity contribution in [2.75, 3.05) is 0 Å². The van der Waals surface area contributed by atoms with Crippen molar-refractivity contribution in [2.45, 2.75) is 13.0 Å². The molecule has 4 heteroatoms. The van der Waals surface area contributed by atoms with Gasteiger partial charge in [0.2, 0.25) is 0 Å². The van der Waals surface area contributed by atoms with E-state index in [0.717, 1.165) is 40.4 Å². The van der Waals surface area contributed by atoms with Crippen molar-refractivity contribution >= 4 is 28.8 Å². The Bertz CT molecular complexity index is 1120. The highest BCUT2D eigenvalue weighted by molar-refractivity contribution is 6.31. The Balaban J connectivity index is 1.81. The summed E-state index contributed by atoms with van der Waals surface area (Å²) in [6.07, 6.45) is 3.31. The van der Waals surface area contributed by atoms with Crippen LogP contribution in [-0.4, -0.2) is 10.9 Å². The van der Waals surface area contributed by atoms with Crippen molar-refractivity contribution in [1.29, 1.82) is 0 Å². The molecule has 0 saturated carbocycles. The molecule has 3 aromatic carbocycles. The number of hydrogen-bond acceptors (Lipinski definition) is 1. The lowest BCUT2D eigenvalue weighted by molar-refractivity contribution is -0.107. The number of nitrogens with zero attached hydrogens (tertiary/aromatic N) is 1.